The normalized spacial score (nSPS) is 11.9. The summed E-state index contributed by atoms with van der Waals surface area (Å²) in [6, 6.07) is 25.8. The van der Waals surface area contributed by atoms with Crippen molar-refractivity contribution in [2.24, 2.45) is 0 Å². The van der Waals surface area contributed by atoms with E-state index < -0.39 is 0 Å². The average Bonchev–Trinajstić information content (AvgIpc) is 3.29. The largest absolute Gasteiger partial charge is 0.340 e. The topological polar surface area (TPSA) is 28.7 Å². The minimum atomic E-state index is 0.751. The van der Waals surface area contributed by atoms with Crippen molar-refractivity contribution in [1.82, 2.24) is 4.57 Å². The lowest BCUT2D eigenvalue weighted by atomic mass is 9.98. The molecule has 0 N–H and O–H groups in total. The van der Waals surface area contributed by atoms with Gasteiger partial charge in [-0.2, -0.15) is 5.26 Å². The summed E-state index contributed by atoms with van der Waals surface area (Å²) in [5.41, 5.74) is 3.14. The van der Waals surface area contributed by atoms with E-state index in [1.807, 2.05) is 23.5 Å². The Morgan fingerprint density at radius 2 is 1.57 bits per heavy atom. The monoisotopic (exact) mass is 376 g/mol. The van der Waals surface area contributed by atoms with Crippen LogP contribution in [0.3, 0.4) is 0 Å². The van der Waals surface area contributed by atoms with Gasteiger partial charge >= 0.3 is 0 Å². The van der Waals surface area contributed by atoms with Gasteiger partial charge in [0.05, 0.1) is 22.7 Å². The zero-order valence-electron chi connectivity index (χ0n) is 15.4. The van der Waals surface area contributed by atoms with E-state index in [0.29, 0.717) is 0 Å². The molecule has 0 spiro atoms. The molecule has 0 fully saturated rings. The molecule has 0 aliphatic rings. The Morgan fingerprint density at radius 3 is 2.36 bits per heavy atom. The van der Waals surface area contributed by atoms with E-state index in [1.165, 1.54) is 41.8 Å². The second-order valence-corrected chi connectivity index (χ2v) is 8.18. The molecule has 0 atom stereocenters. The number of hydrogen-bond acceptors (Lipinski definition) is 2. The second kappa shape index (κ2) is 5.58. The van der Waals surface area contributed by atoms with Gasteiger partial charge in [0.25, 0.3) is 0 Å². The summed E-state index contributed by atoms with van der Waals surface area (Å²) >= 11 is 1.85. The number of aromatic nitrogens is 1. The number of rotatable bonds is 1. The fraction of sp³-hybridized carbons (Fsp3) is 0.0800. The van der Waals surface area contributed by atoms with Crippen LogP contribution in [-0.2, 0) is 6.54 Å². The molecule has 0 aliphatic carbocycles. The number of nitrogens with zero attached hydrogens (tertiary/aromatic N) is 2. The van der Waals surface area contributed by atoms with Gasteiger partial charge in [-0.25, -0.2) is 0 Å². The SMILES string of the molecule is CCn1c2cccc(C#N)c2c2c3c4ccccc4sc3c3ccccc3c21. The van der Waals surface area contributed by atoms with Crippen LogP contribution in [0.2, 0.25) is 0 Å². The van der Waals surface area contributed by atoms with Crippen LogP contribution in [0.15, 0.2) is 66.7 Å². The highest BCUT2D eigenvalue weighted by Crippen LogP contribution is 2.47. The molecule has 0 unspecified atom stereocenters. The van der Waals surface area contributed by atoms with Crippen molar-refractivity contribution in [2.45, 2.75) is 13.5 Å². The maximum Gasteiger partial charge on any atom is 0.0998 e. The smallest absolute Gasteiger partial charge is 0.0998 e. The van der Waals surface area contributed by atoms with Gasteiger partial charge in [-0.15, -0.1) is 11.3 Å². The van der Waals surface area contributed by atoms with E-state index in [2.05, 4.69) is 72.2 Å². The molecule has 132 valence electrons. The number of benzene rings is 4. The van der Waals surface area contributed by atoms with Crippen LogP contribution >= 0.6 is 11.3 Å². The highest BCUT2D eigenvalue weighted by Gasteiger charge is 2.21. The predicted molar refractivity (Wildman–Crippen MR) is 120 cm³/mol. The summed E-state index contributed by atoms with van der Waals surface area (Å²) < 4.78 is 4.98. The summed E-state index contributed by atoms with van der Waals surface area (Å²) in [5.74, 6) is 0. The fourth-order valence-corrected chi connectivity index (χ4v) is 5.97. The first-order valence-corrected chi connectivity index (χ1v) is 10.3. The molecule has 6 aromatic rings. The number of hydrogen-bond donors (Lipinski definition) is 0. The molecule has 0 radical (unpaired) electrons. The van der Waals surface area contributed by atoms with Crippen LogP contribution in [0, 0.1) is 11.3 Å². The van der Waals surface area contributed by atoms with Crippen LogP contribution in [0.1, 0.15) is 12.5 Å². The molecule has 0 amide bonds. The molecular formula is C25H16N2S. The highest BCUT2D eigenvalue weighted by atomic mass is 32.1. The molecule has 0 bridgehead atoms. The Bertz CT molecular complexity index is 1610. The first kappa shape index (κ1) is 15.7. The van der Waals surface area contributed by atoms with Gasteiger partial charge in [0.1, 0.15) is 0 Å². The third kappa shape index (κ3) is 1.81. The molecule has 2 aromatic heterocycles. The van der Waals surface area contributed by atoms with Crippen molar-refractivity contribution >= 4 is 64.1 Å². The van der Waals surface area contributed by atoms with Crippen molar-refractivity contribution in [1.29, 1.82) is 5.26 Å². The van der Waals surface area contributed by atoms with Gasteiger partial charge in [0.2, 0.25) is 0 Å². The molecule has 4 aromatic carbocycles. The standard InChI is InChI=1S/C25H16N2S/c1-2-27-19-12-7-8-15(14-26)21(19)23-22-18-11-5-6-13-20(18)28-25(22)17-10-4-3-9-16(17)24(23)27/h3-13H,2H2,1H3. The van der Waals surface area contributed by atoms with E-state index in [1.54, 1.807) is 0 Å². The Hall–Kier alpha value is -3.35. The Morgan fingerprint density at radius 1 is 0.821 bits per heavy atom. The molecule has 2 heterocycles. The quantitative estimate of drug-likeness (QED) is 0.298. The molecule has 0 saturated carbocycles. The van der Waals surface area contributed by atoms with Gasteiger partial charge in [0.15, 0.2) is 0 Å². The third-order valence-electron chi connectivity index (χ3n) is 5.80. The average molecular weight is 376 g/mol. The first-order chi connectivity index (χ1) is 13.8. The molecule has 28 heavy (non-hydrogen) atoms. The van der Waals surface area contributed by atoms with Crippen molar-refractivity contribution in [3.05, 3.63) is 72.3 Å². The van der Waals surface area contributed by atoms with Crippen molar-refractivity contribution in [2.75, 3.05) is 0 Å². The maximum absolute atomic E-state index is 9.87. The third-order valence-corrected chi connectivity index (χ3v) is 7.00. The summed E-state index contributed by atoms with van der Waals surface area (Å²) in [7, 11) is 0. The molecule has 0 aliphatic heterocycles. The van der Waals surface area contributed by atoms with Gasteiger partial charge < -0.3 is 4.57 Å². The van der Waals surface area contributed by atoms with E-state index in [0.717, 1.165) is 23.0 Å². The highest BCUT2D eigenvalue weighted by molar-refractivity contribution is 7.27. The summed E-state index contributed by atoms with van der Waals surface area (Å²) in [4.78, 5) is 0. The van der Waals surface area contributed by atoms with E-state index in [4.69, 9.17) is 0 Å². The molecule has 2 nitrogen and oxygen atoms in total. The fourth-order valence-electron chi connectivity index (χ4n) is 4.72. The number of nitriles is 1. The maximum atomic E-state index is 9.87. The summed E-state index contributed by atoms with van der Waals surface area (Å²) in [5, 5.41) is 17.3. The van der Waals surface area contributed by atoms with Crippen LogP contribution in [0.25, 0.3) is 52.8 Å². The number of aryl methyl sites for hydroxylation is 1. The molecule has 0 saturated heterocycles. The Balaban J connectivity index is 2.11. The minimum absolute atomic E-state index is 0.751. The van der Waals surface area contributed by atoms with E-state index in [9.17, 15) is 5.26 Å². The lowest BCUT2D eigenvalue weighted by molar-refractivity contribution is 0.829. The van der Waals surface area contributed by atoms with Crippen molar-refractivity contribution in [3.63, 3.8) is 0 Å². The van der Waals surface area contributed by atoms with Crippen LogP contribution in [0.4, 0.5) is 0 Å². The molecular weight excluding hydrogens is 360 g/mol. The van der Waals surface area contributed by atoms with Crippen LogP contribution in [-0.4, -0.2) is 4.57 Å². The van der Waals surface area contributed by atoms with E-state index in [-0.39, 0.29) is 0 Å². The minimum Gasteiger partial charge on any atom is -0.340 e. The Kier molecular flexibility index (Phi) is 3.12. The van der Waals surface area contributed by atoms with Crippen LogP contribution in [0.5, 0.6) is 0 Å². The first-order valence-electron chi connectivity index (χ1n) is 9.50. The van der Waals surface area contributed by atoms with Gasteiger partial charge in [0, 0.05) is 48.3 Å². The van der Waals surface area contributed by atoms with Crippen molar-refractivity contribution in [3.8, 4) is 6.07 Å². The lowest BCUT2D eigenvalue weighted by Gasteiger charge is -2.08. The van der Waals surface area contributed by atoms with Gasteiger partial charge in [-0.05, 0) is 25.1 Å². The van der Waals surface area contributed by atoms with Gasteiger partial charge in [-0.3, -0.25) is 0 Å². The Labute approximate surface area is 165 Å². The zero-order valence-corrected chi connectivity index (χ0v) is 16.2. The van der Waals surface area contributed by atoms with Crippen molar-refractivity contribution < 1.29 is 0 Å². The zero-order chi connectivity index (χ0) is 18.8. The summed E-state index contributed by atoms with van der Waals surface area (Å²) in [6.07, 6.45) is 0. The molecule has 3 heteroatoms. The second-order valence-electron chi connectivity index (χ2n) is 7.13. The lowest BCUT2D eigenvalue weighted by Crippen LogP contribution is -1.94. The number of thiophene rings is 1. The molecule has 6 rings (SSSR count). The van der Waals surface area contributed by atoms with E-state index >= 15 is 0 Å². The number of fused-ring (bicyclic) bond motifs is 10. The van der Waals surface area contributed by atoms with Crippen LogP contribution < -0.4 is 0 Å². The summed E-state index contributed by atoms with van der Waals surface area (Å²) in [6.45, 7) is 3.05. The van der Waals surface area contributed by atoms with Gasteiger partial charge in [-0.1, -0.05) is 48.5 Å². The predicted octanol–water partition coefficient (Wildman–Crippen LogP) is 7.21.